The van der Waals surface area contributed by atoms with Gasteiger partial charge in [-0.3, -0.25) is 9.56 Å². The minimum absolute atomic E-state index is 0.0332. The van der Waals surface area contributed by atoms with Crippen LogP contribution in [0.3, 0.4) is 0 Å². The zero-order valence-electron chi connectivity index (χ0n) is 31.6. The van der Waals surface area contributed by atoms with Crippen molar-refractivity contribution in [2.45, 2.75) is 64.5 Å². The van der Waals surface area contributed by atoms with Crippen LogP contribution in [-0.4, -0.2) is 28.0 Å². The molecule has 4 nitrogen and oxygen atoms in total. The third-order valence-electron chi connectivity index (χ3n) is 9.46. The number of aliphatic imine (C=N–C) groups is 1. The molecule has 8 rings (SSSR count). The number of rotatable bonds is 3. The molecule has 0 amide bonds. The van der Waals surface area contributed by atoms with Crippen molar-refractivity contribution in [3.63, 3.8) is 0 Å². The van der Waals surface area contributed by atoms with Gasteiger partial charge in [0, 0.05) is 4.47 Å². The van der Waals surface area contributed by atoms with Crippen LogP contribution in [0.25, 0.3) is 33.4 Å². The summed E-state index contributed by atoms with van der Waals surface area (Å²) in [5.41, 5.74) is 9.98. The Hall–Kier alpha value is -3.84. The molecule has 6 aromatic rings. The molecule has 0 saturated carbocycles. The predicted octanol–water partition coefficient (Wildman–Crippen LogP) is 14.4. The molecule has 0 saturated heterocycles. The molecule has 282 valence electrons. The van der Waals surface area contributed by atoms with Gasteiger partial charge in [0.15, 0.2) is 0 Å². The number of fused-ring (bicyclic) bond motifs is 2. The van der Waals surface area contributed by atoms with Crippen molar-refractivity contribution >= 4 is 85.3 Å². The summed E-state index contributed by atoms with van der Waals surface area (Å²) in [6.45, 7) is 12.9. The number of aromatic nitrogens is 2. The number of hydrogen-bond acceptors (Lipinski definition) is 3. The Labute approximate surface area is 353 Å². The fourth-order valence-corrected chi connectivity index (χ4v) is 7.50. The van der Waals surface area contributed by atoms with Gasteiger partial charge in [0.25, 0.3) is 0 Å². The van der Waals surface area contributed by atoms with E-state index in [1.165, 1.54) is 22.3 Å². The maximum Gasteiger partial charge on any atom is 0.100 e. The molecule has 2 atom stereocenters. The molecule has 2 heterocycles. The Morgan fingerprint density at radius 3 is 1.89 bits per heavy atom. The molecule has 1 aliphatic carbocycles. The molecule has 5 aromatic carbocycles. The lowest BCUT2D eigenvalue weighted by atomic mass is 9.87. The van der Waals surface area contributed by atoms with E-state index in [-0.39, 0.29) is 16.9 Å². The van der Waals surface area contributed by atoms with Crippen LogP contribution in [0.2, 0.25) is 20.1 Å². The van der Waals surface area contributed by atoms with Crippen molar-refractivity contribution in [3.8, 4) is 16.8 Å². The summed E-state index contributed by atoms with van der Waals surface area (Å²) in [5, 5.41) is 5.51. The molecule has 0 fully saturated rings. The van der Waals surface area contributed by atoms with Crippen LogP contribution in [0.4, 0.5) is 0 Å². The summed E-state index contributed by atoms with van der Waals surface area (Å²) in [5.74, 6) is 0. The number of nitrogens with one attached hydrogen (secondary N) is 1. The van der Waals surface area contributed by atoms with Gasteiger partial charge in [-0.25, -0.2) is 4.98 Å². The second kappa shape index (κ2) is 17.1. The van der Waals surface area contributed by atoms with Crippen molar-refractivity contribution in [2.24, 2.45) is 4.99 Å². The van der Waals surface area contributed by atoms with Crippen molar-refractivity contribution in [1.82, 2.24) is 14.9 Å². The molecular weight excluding hydrogens is 830 g/mol. The minimum Gasteiger partial charge on any atom is -0.368 e. The standard InChI is InChI=1S/C23H20Cl2N2.C13H12N2.C10H11BrCl2/c1-23(2,3)17-12-18(24)22(25)21(13-17)27-14-26-19-10-9-16(11-20(19)27)15-7-5-4-6-8-15;1-2-4-10(5-3-1)11-6-7-12-13(8-11)15-9-14-12;1-10(2,3)6-4-7(11)9(13)8(12)5-6/h4-14H,1-3H3;1-9,12-13H,(H,14,15);4-5H,1-3H3. The van der Waals surface area contributed by atoms with Gasteiger partial charge in [-0.05, 0) is 96.5 Å². The molecular formula is C46H43BrCl4N4. The van der Waals surface area contributed by atoms with Crippen LogP contribution in [0, 0.1) is 0 Å². The molecule has 9 heteroatoms. The molecule has 0 spiro atoms. The van der Waals surface area contributed by atoms with Gasteiger partial charge in [-0.2, -0.15) is 0 Å². The fourth-order valence-electron chi connectivity index (χ4n) is 6.18. The smallest absolute Gasteiger partial charge is 0.100 e. The van der Waals surface area contributed by atoms with Crippen LogP contribution in [-0.2, 0) is 10.8 Å². The summed E-state index contributed by atoms with van der Waals surface area (Å²) in [6, 6.07) is 35.6. The molecule has 2 unspecified atom stereocenters. The van der Waals surface area contributed by atoms with Crippen molar-refractivity contribution in [2.75, 3.05) is 0 Å². The first-order valence-electron chi connectivity index (χ1n) is 18.0. The highest BCUT2D eigenvalue weighted by atomic mass is 79.9. The van der Waals surface area contributed by atoms with E-state index in [0.717, 1.165) is 32.3 Å². The van der Waals surface area contributed by atoms with Gasteiger partial charge in [0.05, 0.1) is 55.2 Å². The average Bonchev–Trinajstić information content (AvgIpc) is 3.82. The fraction of sp³-hybridized carbons (Fsp3) is 0.217. The highest BCUT2D eigenvalue weighted by Crippen LogP contribution is 2.38. The lowest BCUT2D eigenvalue weighted by molar-refractivity contribution is 0.589. The van der Waals surface area contributed by atoms with Crippen LogP contribution >= 0.6 is 62.3 Å². The van der Waals surface area contributed by atoms with Crippen molar-refractivity contribution < 1.29 is 0 Å². The lowest BCUT2D eigenvalue weighted by Crippen LogP contribution is -2.30. The first kappa shape index (κ1) is 40.8. The van der Waals surface area contributed by atoms with E-state index in [9.17, 15) is 0 Å². The normalized spacial score (nSPS) is 16.0. The van der Waals surface area contributed by atoms with Crippen LogP contribution in [0.15, 0.2) is 137 Å². The lowest BCUT2D eigenvalue weighted by Gasteiger charge is -2.21. The van der Waals surface area contributed by atoms with E-state index in [1.807, 2.05) is 59.4 Å². The molecule has 55 heavy (non-hydrogen) atoms. The summed E-state index contributed by atoms with van der Waals surface area (Å²) >= 11 is 28.3. The van der Waals surface area contributed by atoms with Gasteiger partial charge in [-0.1, -0.05) is 173 Å². The van der Waals surface area contributed by atoms with Gasteiger partial charge >= 0.3 is 0 Å². The summed E-state index contributed by atoms with van der Waals surface area (Å²) in [4.78, 5) is 8.87. The highest BCUT2D eigenvalue weighted by molar-refractivity contribution is 9.10. The van der Waals surface area contributed by atoms with E-state index >= 15 is 0 Å². The Morgan fingerprint density at radius 2 is 1.27 bits per heavy atom. The maximum absolute atomic E-state index is 6.58. The van der Waals surface area contributed by atoms with Crippen LogP contribution in [0.5, 0.6) is 0 Å². The van der Waals surface area contributed by atoms with Crippen LogP contribution in [0.1, 0.15) is 58.2 Å². The number of halogens is 5. The first-order chi connectivity index (χ1) is 26.1. The molecule has 1 N–H and O–H groups in total. The minimum atomic E-state index is -0.0332. The third kappa shape index (κ3) is 9.76. The summed E-state index contributed by atoms with van der Waals surface area (Å²) < 4.78 is 2.87. The molecule has 0 radical (unpaired) electrons. The number of allylic oxidation sites excluding steroid dienone is 2. The topological polar surface area (TPSA) is 42.2 Å². The summed E-state index contributed by atoms with van der Waals surface area (Å²) in [6.07, 6.45) is 10.2. The van der Waals surface area contributed by atoms with E-state index in [4.69, 9.17) is 46.4 Å². The summed E-state index contributed by atoms with van der Waals surface area (Å²) in [7, 11) is 0. The monoisotopic (exact) mass is 870 g/mol. The zero-order valence-corrected chi connectivity index (χ0v) is 36.2. The number of nitrogens with zero attached hydrogens (tertiary/aromatic N) is 3. The number of benzene rings is 5. The first-order valence-corrected chi connectivity index (χ1v) is 20.3. The van der Waals surface area contributed by atoms with Crippen molar-refractivity contribution in [1.29, 1.82) is 0 Å². The second-order valence-corrected chi connectivity index (χ2v) is 18.0. The van der Waals surface area contributed by atoms with E-state index < -0.39 is 0 Å². The van der Waals surface area contributed by atoms with Crippen LogP contribution < -0.4 is 5.32 Å². The number of imidazole rings is 1. The Kier molecular flexibility index (Phi) is 12.7. The molecule has 2 aliphatic rings. The molecule has 0 bridgehead atoms. The average molecular weight is 874 g/mol. The third-order valence-corrected chi connectivity index (χ3v) is 11.9. The van der Waals surface area contributed by atoms with Gasteiger partial charge < -0.3 is 5.32 Å². The largest absolute Gasteiger partial charge is 0.368 e. The predicted molar refractivity (Wildman–Crippen MR) is 241 cm³/mol. The van der Waals surface area contributed by atoms with E-state index in [1.54, 1.807) is 6.34 Å². The SMILES string of the molecule is C1=CC2N=CNC2C=C1c1ccccc1.CC(C)(C)c1cc(Cl)c(Cl)c(-n2cnc3ccc(-c4ccccc4)cc32)c1.CC(C)(C)c1cc(Cl)c(Cl)c(Br)c1. The Balaban J connectivity index is 0.000000155. The van der Waals surface area contributed by atoms with Gasteiger partial charge in [0.1, 0.15) is 6.33 Å². The maximum atomic E-state index is 6.58. The quantitative estimate of drug-likeness (QED) is 0.180. The highest BCUT2D eigenvalue weighted by Gasteiger charge is 2.23. The van der Waals surface area contributed by atoms with Gasteiger partial charge in [0.2, 0.25) is 0 Å². The Bertz CT molecular complexity index is 2360. The second-order valence-electron chi connectivity index (χ2n) is 15.5. The molecule has 1 aliphatic heterocycles. The number of hydrogen-bond donors (Lipinski definition) is 1. The van der Waals surface area contributed by atoms with E-state index in [2.05, 4.69) is 146 Å². The molecule has 1 aromatic heterocycles. The van der Waals surface area contributed by atoms with E-state index in [0.29, 0.717) is 26.1 Å². The van der Waals surface area contributed by atoms with Crippen molar-refractivity contribution in [3.05, 3.63) is 169 Å². The Morgan fingerprint density at radius 1 is 0.673 bits per heavy atom. The zero-order chi connectivity index (χ0) is 39.5. The van der Waals surface area contributed by atoms with Gasteiger partial charge in [-0.15, -0.1) is 0 Å².